The zero-order valence-electron chi connectivity index (χ0n) is 7.16. The average Bonchev–Trinajstić information content (AvgIpc) is 2.69. The van der Waals surface area contributed by atoms with Gasteiger partial charge in [0.2, 0.25) is 10.0 Å². The maximum absolute atomic E-state index is 11.2. The topological polar surface area (TPSA) is 66.4 Å². The summed E-state index contributed by atoms with van der Waals surface area (Å²) in [6, 6.07) is -0.367. The lowest BCUT2D eigenvalue weighted by Gasteiger charge is -2.10. The van der Waals surface area contributed by atoms with E-state index in [0.29, 0.717) is 5.92 Å². The highest BCUT2D eigenvalue weighted by molar-refractivity contribution is 7.89. The minimum Gasteiger partial charge on any atom is -0.395 e. The molecule has 1 rings (SSSR count). The first-order valence-corrected chi connectivity index (χ1v) is 5.79. The molecule has 72 valence electrons. The number of sulfonamides is 1. The fourth-order valence-corrected chi connectivity index (χ4v) is 2.72. The first kappa shape index (κ1) is 9.95. The molecule has 0 heterocycles. The van der Waals surface area contributed by atoms with E-state index in [-0.39, 0.29) is 18.4 Å². The van der Waals surface area contributed by atoms with E-state index in [1.807, 2.05) is 0 Å². The molecule has 1 aliphatic carbocycles. The second-order valence-corrected chi connectivity index (χ2v) is 5.22. The van der Waals surface area contributed by atoms with E-state index >= 15 is 0 Å². The Labute approximate surface area is 73.0 Å². The molecule has 1 fully saturated rings. The normalized spacial score (nSPS) is 20.8. The highest BCUT2D eigenvalue weighted by Gasteiger charge is 2.28. The number of aliphatic hydroxyl groups is 1. The fourth-order valence-electron chi connectivity index (χ4n) is 0.987. The number of nitrogens with one attached hydrogen (secondary N) is 1. The third kappa shape index (κ3) is 3.51. The van der Waals surface area contributed by atoms with Gasteiger partial charge in [-0.25, -0.2) is 13.1 Å². The van der Waals surface area contributed by atoms with Crippen molar-refractivity contribution >= 4 is 10.0 Å². The summed E-state index contributed by atoms with van der Waals surface area (Å²) in [5.74, 6) is 0.575. The van der Waals surface area contributed by atoms with Gasteiger partial charge in [0.15, 0.2) is 0 Å². The number of aliphatic hydroxyl groups excluding tert-OH is 1. The molecule has 1 atom stereocenters. The molecule has 0 amide bonds. The molecule has 4 nitrogen and oxygen atoms in total. The molecule has 0 aromatic heterocycles. The molecule has 0 aliphatic heterocycles. The maximum atomic E-state index is 11.2. The summed E-state index contributed by atoms with van der Waals surface area (Å²) < 4.78 is 24.9. The van der Waals surface area contributed by atoms with Crippen molar-refractivity contribution in [1.29, 1.82) is 0 Å². The van der Waals surface area contributed by atoms with Gasteiger partial charge in [-0.3, -0.25) is 0 Å². The van der Waals surface area contributed by atoms with Crippen molar-refractivity contribution in [3.63, 3.8) is 0 Å². The van der Waals surface area contributed by atoms with E-state index in [0.717, 1.165) is 12.8 Å². The Balaban J connectivity index is 2.36. The van der Waals surface area contributed by atoms with Crippen LogP contribution < -0.4 is 4.72 Å². The SMILES string of the molecule is C[C@@H](CO)NS(=O)(=O)CC1CC1. The maximum Gasteiger partial charge on any atom is 0.212 e. The zero-order chi connectivity index (χ0) is 9.19. The summed E-state index contributed by atoms with van der Waals surface area (Å²) in [4.78, 5) is 0. The van der Waals surface area contributed by atoms with Crippen molar-refractivity contribution in [2.24, 2.45) is 5.92 Å². The number of hydrogen-bond acceptors (Lipinski definition) is 3. The average molecular weight is 193 g/mol. The van der Waals surface area contributed by atoms with Crippen LogP contribution in [0.5, 0.6) is 0 Å². The second kappa shape index (κ2) is 3.72. The quantitative estimate of drug-likeness (QED) is 0.630. The van der Waals surface area contributed by atoms with Gasteiger partial charge in [-0.15, -0.1) is 0 Å². The van der Waals surface area contributed by atoms with Crippen LogP contribution in [0, 0.1) is 5.92 Å². The van der Waals surface area contributed by atoms with Crippen molar-refractivity contribution in [2.75, 3.05) is 12.4 Å². The zero-order valence-corrected chi connectivity index (χ0v) is 7.97. The molecule has 1 aliphatic rings. The highest BCUT2D eigenvalue weighted by atomic mass is 32.2. The first-order chi connectivity index (χ1) is 5.53. The molecule has 1 saturated carbocycles. The largest absolute Gasteiger partial charge is 0.395 e. The van der Waals surface area contributed by atoms with Crippen molar-refractivity contribution in [3.05, 3.63) is 0 Å². The standard InChI is InChI=1S/C7H15NO3S/c1-6(4-9)8-12(10,11)5-7-2-3-7/h6-9H,2-5H2,1H3/t6-/m0/s1. The van der Waals surface area contributed by atoms with E-state index in [1.54, 1.807) is 6.92 Å². The van der Waals surface area contributed by atoms with Crippen LogP contribution in [0.4, 0.5) is 0 Å². The molecule has 0 unspecified atom stereocenters. The van der Waals surface area contributed by atoms with Crippen molar-refractivity contribution in [1.82, 2.24) is 4.72 Å². The molecule has 0 bridgehead atoms. The van der Waals surface area contributed by atoms with Gasteiger partial charge in [0.25, 0.3) is 0 Å². The Kier molecular flexibility index (Phi) is 3.09. The Morgan fingerprint density at radius 3 is 2.58 bits per heavy atom. The Morgan fingerprint density at radius 1 is 1.58 bits per heavy atom. The summed E-state index contributed by atoms with van der Waals surface area (Å²) in [6.45, 7) is 1.49. The molecule has 0 aromatic rings. The molecule has 5 heteroatoms. The minimum atomic E-state index is -3.14. The van der Waals surface area contributed by atoms with Gasteiger partial charge in [0.1, 0.15) is 0 Å². The van der Waals surface area contributed by atoms with Crippen LogP contribution in [0.25, 0.3) is 0 Å². The number of hydrogen-bond donors (Lipinski definition) is 2. The summed E-state index contributed by atoms with van der Waals surface area (Å²) in [7, 11) is -3.14. The van der Waals surface area contributed by atoms with Crippen molar-refractivity contribution in [2.45, 2.75) is 25.8 Å². The Bertz CT molecular complexity index is 233. The van der Waals surface area contributed by atoms with Crippen LogP contribution in [0.15, 0.2) is 0 Å². The van der Waals surface area contributed by atoms with Crippen LogP contribution in [0.2, 0.25) is 0 Å². The van der Waals surface area contributed by atoms with Crippen molar-refractivity contribution < 1.29 is 13.5 Å². The van der Waals surface area contributed by atoms with E-state index in [2.05, 4.69) is 4.72 Å². The molecule has 0 saturated heterocycles. The highest BCUT2D eigenvalue weighted by Crippen LogP contribution is 2.29. The van der Waals surface area contributed by atoms with Gasteiger partial charge in [-0.05, 0) is 25.7 Å². The third-order valence-electron chi connectivity index (χ3n) is 1.81. The molecule has 12 heavy (non-hydrogen) atoms. The summed E-state index contributed by atoms with van der Waals surface area (Å²) in [5, 5.41) is 8.62. The van der Waals surface area contributed by atoms with Crippen LogP contribution in [-0.4, -0.2) is 31.9 Å². The Morgan fingerprint density at radius 2 is 2.17 bits per heavy atom. The molecular weight excluding hydrogens is 178 g/mol. The second-order valence-electron chi connectivity index (χ2n) is 3.43. The van der Waals surface area contributed by atoms with Gasteiger partial charge in [-0.1, -0.05) is 0 Å². The Hall–Kier alpha value is -0.130. The minimum absolute atomic E-state index is 0.149. The lowest BCUT2D eigenvalue weighted by Crippen LogP contribution is -2.36. The molecule has 0 spiro atoms. The van der Waals surface area contributed by atoms with Crippen LogP contribution in [0.3, 0.4) is 0 Å². The van der Waals surface area contributed by atoms with Gasteiger partial charge in [-0.2, -0.15) is 0 Å². The lowest BCUT2D eigenvalue weighted by atomic mass is 10.4. The summed E-state index contributed by atoms with van der Waals surface area (Å²) in [6.07, 6.45) is 2.04. The lowest BCUT2D eigenvalue weighted by molar-refractivity contribution is 0.265. The van der Waals surface area contributed by atoms with Crippen molar-refractivity contribution in [3.8, 4) is 0 Å². The van der Waals surface area contributed by atoms with Crippen LogP contribution in [0.1, 0.15) is 19.8 Å². The van der Waals surface area contributed by atoms with Gasteiger partial charge >= 0.3 is 0 Å². The van der Waals surface area contributed by atoms with Crippen LogP contribution >= 0.6 is 0 Å². The van der Waals surface area contributed by atoms with E-state index in [4.69, 9.17) is 5.11 Å². The predicted molar refractivity (Wildman–Crippen MR) is 46.2 cm³/mol. The molecule has 2 N–H and O–H groups in total. The third-order valence-corrected chi connectivity index (χ3v) is 3.48. The van der Waals surface area contributed by atoms with Gasteiger partial charge < -0.3 is 5.11 Å². The van der Waals surface area contributed by atoms with Gasteiger partial charge in [0.05, 0.1) is 12.4 Å². The van der Waals surface area contributed by atoms with E-state index in [9.17, 15) is 8.42 Å². The molecule has 0 radical (unpaired) electrons. The monoisotopic (exact) mass is 193 g/mol. The number of rotatable bonds is 5. The van der Waals surface area contributed by atoms with E-state index in [1.165, 1.54) is 0 Å². The molecular formula is C7H15NO3S. The fraction of sp³-hybridized carbons (Fsp3) is 1.00. The first-order valence-electron chi connectivity index (χ1n) is 4.14. The predicted octanol–water partition coefficient (Wildman–Crippen LogP) is -0.303. The summed E-state index contributed by atoms with van der Waals surface area (Å²) >= 11 is 0. The summed E-state index contributed by atoms with van der Waals surface area (Å²) in [5.41, 5.74) is 0. The van der Waals surface area contributed by atoms with Gasteiger partial charge in [0, 0.05) is 6.04 Å². The smallest absolute Gasteiger partial charge is 0.212 e. The van der Waals surface area contributed by atoms with Crippen LogP contribution in [-0.2, 0) is 10.0 Å². The van der Waals surface area contributed by atoms with E-state index < -0.39 is 10.0 Å². The molecule has 0 aromatic carbocycles.